The van der Waals surface area contributed by atoms with E-state index in [9.17, 15) is 15.2 Å². The highest BCUT2D eigenvalue weighted by Gasteiger charge is 2.33. The number of ether oxygens (including phenoxy) is 1. The fourth-order valence-corrected chi connectivity index (χ4v) is 6.28. The molecule has 2 amide bonds. The van der Waals surface area contributed by atoms with Gasteiger partial charge in [-0.3, -0.25) is 4.99 Å². The average molecular weight is 491 g/mol. The number of hydrogen-bond acceptors (Lipinski definition) is 6. The maximum atomic E-state index is 12.7. The van der Waals surface area contributed by atoms with Crippen molar-refractivity contribution in [2.24, 2.45) is 4.99 Å². The van der Waals surface area contributed by atoms with Gasteiger partial charge in [0.05, 0.1) is 40.7 Å². The molecule has 8 heteroatoms. The van der Waals surface area contributed by atoms with E-state index in [0.29, 0.717) is 37.4 Å². The van der Waals surface area contributed by atoms with Gasteiger partial charge in [-0.05, 0) is 68.0 Å². The first-order valence-electron chi connectivity index (χ1n) is 12.2. The molecule has 0 bridgehead atoms. The Morgan fingerprint density at radius 2 is 2.11 bits per heavy atom. The van der Waals surface area contributed by atoms with Crippen molar-refractivity contribution in [3.8, 4) is 11.8 Å². The number of nitrogens with one attached hydrogen (secondary N) is 1. The number of likely N-dealkylation sites (tertiary alicyclic amines) is 1. The molecule has 0 saturated carbocycles. The number of nitriles is 1. The molecule has 1 unspecified atom stereocenters. The molecule has 5 rings (SSSR count). The van der Waals surface area contributed by atoms with E-state index >= 15 is 0 Å². The minimum Gasteiger partial charge on any atom is -0.490 e. The molecule has 2 aromatic rings. The van der Waals surface area contributed by atoms with Crippen LogP contribution in [0.15, 0.2) is 41.4 Å². The quantitative estimate of drug-likeness (QED) is 0.650. The van der Waals surface area contributed by atoms with Gasteiger partial charge in [0, 0.05) is 18.7 Å². The zero-order valence-electron chi connectivity index (χ0n) is 20.0. The van der Waals surface area contributed by atoms with Crippen LogP contribution in [0.1, 0.15) is 65.8 Å². The van der Waals surface area contributed by atoms with Crippen LogP contribution >= 0.6 is 11.8 Å². The number of amides is 2. The molecule has 2 N–H and O–H groups in total. The van der Waals surface area contributed by atoms with Gasteiger partial charge < -0.3 is 20.1 Å². The topological polar surface area (TPSA) is 97.9 Å². The second-order valence-corrected chi connectivity index (χ2v) is 10.8. The summed E-state index contributed by atoms with van der Waals surface area (Å²) in [4.78, 5) is 19.2. The van der Waals surface area contributed by atoms with Crippen molar-refractivity contribution in [3.05, 3.63) is 64.2 Å². The van der Waals surface area contributed by atoms with Crippen LogP contribution in [-0.2, 0) is 6.42 Å². The molecule has 1 fully saturated rings. The number of carbonyl (C=O) groups is 1. The Labute approximate surface area is 210 Å². The minimum atomic E-state index is -0.417. The molecule has 3 aliphatic rings. The van der Waals surface area contributed by atoms with E-state index in [0.717, 1.165) is 23.4 Å². The molecule has 0 radical (unpaired) electrons. The summed E-state index contributed by atoms with van der Waals surface area (Å²) in [6.07, 6.45) is 2.03. The second-order valence-electron chi connectivity index (χ2n) is 9.59. The maximum absolute atomic E-state index is 12.7. The number of fused-ring (bicyclic) bond motifs is 1. The van der Waals surface area contributed by atoms with Crippen molar-refractivity contribution in [1.29, 1.82) is 5.26 Å². The zero-order valence-corrected chi connectivity index (χ0v) is 20.8. The molecule has 1 aliphatic carbocycles. The van der Waals surface area contributed by atoms with Crippen LogP contribution in [-0.4, -0.2) is 52.9 Å². The maximum Gasteiger partial charge on any atom is 0.317 e. The van der Waals surface area contributed by atoms with E-state index in [1.807, 2.05) is 32.0 Å². The number of β-amino-alcohol motifs (C(OH)–C–C–N with tert-alkyl or cyclic N) is 1. The molecule has 0 aromatic heterocycles. The minimum absolute atomic E-state index is 0.00579. The standard InChI is InChI=1S/C27H30N4O3S/c1-16(2)34-24-9-6-17(12-18(24)13-28)26-29-14-25(35-26)22-5-3-4-21-20(22)7-8-23(21)30-27(33)31-11-10-19(32)15-31/h3-6,9,12,16,19,23,25,32H,7-8,10-11,14-15H2,1-2H3,(H,30,33)/t19-,23-,25?/m0/s1. The SMILES string of the molecule is CC(C)Oc1ccc(C2=NCC(c3cccc4c3CC[C@@H]4NC(=O)N3CC[C@H](O)C3)S2)cc1C#N. The first-order valence-corrected chi connectivity index (χ1v) is 13.1. The fraction of sp³-hybridized carbons (Fsp3) is 0.444. The summed E-state index contributed by atoms with van der Waals surface area (Å²) in [5, 5.41) is 23.7. The normalized spacial score (nSPS) is 23.2. The molecule has 2 aliphatic heterocycles. The van der Waals surface area contributed by atoms with E-state index in [1.165, 1.54) is 16.7 Å². The highest BCUT2D eigenvalue weighted by Crippen LogP contribution is 2.43. The molecule has 3 atom stereocenters. The van der Waals surface area contributed by atoms with Crippen LogP contribution in [0.2, 0.25) is 0 Å². The first-order chi connectivity index (χ1) is 16.9. The fourth-order valence-electron chi connectivity index (χ4n) is 5.10. The van der Waals surface area contributed by atoms with E-state index in [1.54, 1.807) is 16.7 Å². The monoisotopic (exact) mass is 490 g/mol. The highest BCUT2D eigenvalue weighted by molar-refractivity contribution is 8.14. The Balaban J connectivity index is 1.29. The first kappa shape index (κ1) is 23.7. The van der Waals surface area contributed by atoms with Crippen LogP contribution < -0.4 is 10.1 Å². The molecular weight excluding hydrogens is 460 g/mol. The number of aliphatic hydroxyl groups excluding tert-OH is 1. The summed E-state index contributed by atoms with van der Waals surface area (Å²) in [5.41, 5.74) is 5.24. The lowest BCUT2D eigenvalue weighted by Gasteiger charge is -2.21. The number of hydrogen-bond donors (Lipinski definition) is 2. The zero-order chi connectivity index (χ0) is 24.5. The molecule has 2 heterocycles. The summed E-state index contributed by atoms with van der Waals surface area (Å²) in [5.74, 6) is 0.601. The Morgan fingerprint density at radius 1 is 1.29 bits per heavy atom. The van der Waals surface area contributed by atoms with Crippen molar-refractivity contribution in [1.82, 2.24) is 10.2 Å². The smallest absolute Gasteiger partial charge is 0.317 e. The number of aliphatic hydroxyl groups is 1. The Hall–Kier alpha value is -3.02. The summed E-state index contributed by atoms with van der Waals surface area (Å²) in [6, 6.07) is 14.2. The van der Waals surface area contributed by atoms with E-state index in [4.69, 9.17) is 9.73 Å². The highest BCUT2D eigenvalue weighted by atomic mass is 32.2. The lowest BCUT2D eigenvalue weighted by atomic mass is 9.99. The summed E-state index contributed by atoms with van der Waals surface area (Å²) in [7, 11) is 0. The van der Waals surface area contributed by atoms with Gasteiger partial charge >= 0.3 is 6.03 Å². The number of aliphatic imine (C=N–C) groups is 1. The third kappa shape index (κ3) is 4.89. The third-order valence-corrected chi connectivity index (χ3v) is 8.04. The van der Waals surface area contributed by atoms with Crippen LogP contribution in [0.25, 0.3) is 0 Å². The van der Waals surface area contributed by atoms with Crippen molar-refractivity contribution in [2.45, 2.75) is 56.6 Å². The predicted octanol–water partition coefficient (Wildman–Crippen LogP) is 4.34. The number of rotatable bonds is 5. The van der Waals surface area contributed by atoms with Crippen molar-refractivity contribution in [3.63, 3.8) is 0 Å². The molecule has 0 spiro atoms. The lowest BCUT2D eigenvalue weighted by molar-refractivity contribution is 0.170. The molecule has 182 valence electrons. The van der Waals surface area contributed by atoms with Gasteiger partial charge in [0.15, 0.2) is 0 Å². The van der Waals surface area contributed by atoms with Gasteiger partial charge in [-0.25, -0.2) is 4.79 Å². The molecule has 7 nitrogen and oxygen atoms in total. The summed E-state index contributed by atoms with van der Waals surface area (Å²) in [6.45, 7) is 5.58. The number of nitrogens with zero attached hydrogens (tertiary/aromatic N) is 3. The largest absolute Gasteiger partial charge is 0.490 e. The molecule has 1 saturated heterocycles. The van der Waals surface area contributed by atoms with Crippen LogP contribution in [0.3, 0.4) is 0 Å². The summed E-state index contributed by atoms with van der Waals surface area (Å²) < 4.78 is 5.76. The third-order valence-electron chi connectivity index (χ3n) is 6.77. The van der Waals surface area contributed by atoms with Gasteiger partial charge in [-0.1, -0.05) is 30.0 Å². The van der Waals surface area contributed by atoms with Crippen LogP contribution in [0, 0.1) is 11.3 Å². The number of thioether (sulfide) groups is 1. The Morgan fingerprint density at radius 3 is 2.86 bits per heavy atom. The Kier molecular flexibility index (Phi) is 6.72. The van der Waals surface area contributed by atoms with Crippen molar-refractivity contribution in [2.75, 3.05) is 19.6 Å². The van der Waals surface area contributed by atoms with Crippen LogP contribution in [0.5, 0.6) is 5.75 Å². The van der Waals surface area contributed by atoms with E-state index in [2.05, 4.69) is 29.6 Å². The van der Waals surface area contributed by atoms with Crippen molar-refractivity contribution < 1.29 is 14.6 Å². The average Bonchev–Trinajstić information content (AvgIpc) is 3.59. The second kappa shape index (κ2) is 9.92. The van der Waals surface area contributed by atoms with Gasteiger partial charge in [-0.2, -0.15) is 5.26 Å². The van der Waals surface area contributed by atoms with Crippen LogP contribution in [0.4, 0.5) is 4.79 Å². The van der Waals surface area contributed by atoms with Gasteiger partial charge in [0.1, 0.15) is 11.8 Å². The van der Waals surface area contributed by atoms with Crippen molar-refractivity contribution >= 4 is 22.8 Å². The number of urea groups is 1. The van der Waals surface area contributed by atoms with Gasteiger partial charge in [0.25, 0.3) is 0 Å². The van der Waals surface area contributed by atoms with E-state index < -0.39 is 6.10 Å². The molecule has 2 aromatic carbocycles. The Bertz CT molecular complexity index is 1210. The predicted molar refractivity (Wildman–Crippen MR) is 137 cm³/mol. The van der Waals surface area contributed by atoms with E-state index in [-0.39, 0.29) is 23.4 Å². The lowest BCUT2D eigenvalue weighted by Crippen LogP contribution is -2.40. The summed E-state index contributed by atoms with van der Waals surface area (Å²) >= 11 is 1.73. The molecule has 35 heavy (non-hydrogen) atoms. The molecular formula is C27H30N4O3S. The van der Waals surface area contributed by atoms with Gasteiger partial charge in [0.2, 0.25) is 0 Å². The van der Waals surface area contributed by atoms with Gasteiger partial charge in [-0.15, -0.1) is 0 Å². The number of carbonyl (C=O) groups excluding carboxylic acids is 1. The number of benzene rings is 2.